The van der Waals surface area contributed by atoms with E-state index in [1.54, 1.807) is 6.20 Å². The van der Waals surface area contributed by atoms with Crippen molar-refractivity contribution in [1.29, 1.82) is 0 Å². The fourth-order valence-electron chi connectivity index (χ4n) is 3.60. The summed E-state index contributed by atoms with van der Waals surface area (Å²) in [6.07, 6.45) is 2.33. The molecule has 0 N–H and O–H groups in total. The Kier molecular flexibility index (Phi) is 5.76. The molecule has 6 heteroatoms. The number of carbonyl (C=O) groups excluding carboxylic acids is 1. The quantitative estimate of drug-likeness (QED) is 0.657. The van der Waals surface area contributed by atoms with Crippen molar-refractivity contribution in [3.63, 3.8) is 0 Å². The van der Waals surface area contributed by atoms with E-state index < -0.39 is 0 Å². The lowest BCUT2D eigenvalue weighted by molar-refractivity contribution is 0.0745. The first-order valence-corrected chi connectivity index (χ1v) is 10.1. The summed E-state index contributed by atoms with van der Waals surface area (Å²) < 4.78 is 0. The molecular weight excluding hydrogens is 384 g/mol. The monoisotopic (exact) mass is 406 g/mol. The molecule has 0 saturated carbocycles. The predicted molar refractivity (Wildman–Crippen MR) is 116 cm³/mol. The van der Waals surface area contributed by atoms with Crippen LogP contribution in [-0.4, -0.2) is 47.0 Å². The van der Waals surface area contributed by atoms with E-state index in [1.165, 1.54) is 0 Å². The smallest absolute Gasteiger partial charge is 0.257 e. The average molecular weight is 407 g/mol. The highest BCUT2D eigenvalue weighted by molar-refractivity contribution is 6.30. The summed E-state index contributed by atoms with van der Waals surface area (Å²) in [6, 6.07) is 17.9. The van der Waals surface area contributed by atoms with E-state index in [9.17, 15) is 4.79 Å². The standard InChI is InChI=1S/C23H23ClN4O/c1-17-21(16-25-22(26-17)14-18-6-3-2-4-7-18)23(29)28-12-10-27(11-13-28)20-9-5-8-19(24)15-20/h2-9,15-16H,10-14H2,1H3. The van der Waals surface area contributed by atoms with Crippen molar-refractivity contribution in [3.8, 4) is 0 Å². The molecule has 3 aromatic rings. The van der Waals surface area contributed by atoms with E-state index in [-0.39, 0.29) is 5.91 Å². The largest absolute Gasteiger partial charge is 0.368 e. The fraction of sp³-hybridized carbons (Fsp3) is 0.261. The molecule has 5 nitrogen and oxygen atoms in total. The Morgan fingerprint density at radius 1 is 1.03 bits per heavy atom. The highest BCUT2D eigenvalue weighted by Gasteiger charge is 2.24. The zero-order chi connectivity index (χ0) is 20.2. The number of benzene rings is 2. The van der Waals surface area contributed by atoms with Crippen LogP contribution in [0, 0.1) is 6.92 Å². The number of carbonyl (C=O) groups is 1. The maximum Gasteiger partial charge on any atom is 0.257 e. The molecule has 1 amide bonds. The maximum atomic E-state index is 13.0. The lowest BCUT2D eigenvalue weighted by Gasteiger charge is -2.36. The van der Waals surface area contributed by atoms with E-state index in [4.69, 9.17) is 11.6 Å². The number of hydrogen-bond acceptors (Lipinski definition) is 4. The number of halogens is 1. The number of rotatable bonds is 4. The highest BCUT2D eigenvalue weighted by Crippen LogP contribution is 2.21. The molecule has 0 bridgehead atoms. The molecule has 1 aromatic heterocycles. The molecule has 148 valence electrons. The van der Waals surface area contributed by atoms with Crippen LogP contribution in [-0.2, 0) is 6.42 Å². The number of amides is 1. The van der Waals surface area contributed by atoms with Crippen LogP contribution in [0.1, 0.15) is 27.4 Å². The van der Waals surface area contributed by atoms with Gasteiger partial charge in [-0.25, -0.2) is 9.97 Å². The zero-order valence-corrected chi connectivity index (χ0v) is 17.1. The Bertz CT molecular complexity index is 1000. The van der Waals surface area contributed by atoms with E-state index >= 15 is 0 Å². The molecule has 4 rings (SSSR count). The van der Waals surface area contributed by atoms with Crippen molar-refractivity contribution in [3.05, 3.63) is 88.5 Å². The van der Waals surface area contributed by atoms with Gasteiger partial charge in [-0.3, -0.25) is 4.79 Å². The van der Waals surface area contributed by atoms with E-state index in [1.807, 2.05) is 54.3 Å². The Morgan fingerprint density at radius 2 is 1.79 bits per heavy atom. The molecule has 2 aromatic carbocycles. The number of piperazine rings is 1. The molecule has 0 atom stereocenters. The molecule has 0 spiro atoms. The molecule has 1 fully saturated rings. The van der Waals surface area contributed by atoms with Crippen molar-refractivity contribution in [2.24, 2.45) is 0 Å². The second kappa shape index (κ2) is 8.62. The van der Waals surface area contributed by atoms with Crippen LogP contribution in [0.15, 0.2) is 60.8 Å². The van der Waals surface area contributed by atoms with Gasteiger partial charge in [-0.05, 0) is 30.7 Å². The summed E-state index contributed by atoms with van der Waals surface area (Å²) in [4.78, 5) is 26.1. The minimum absolute atomic E-state index is 0.000458. The van der Waals surface area contributed by atoms with E-state index in [2.05, 4.69) is 27.0 Å². The van der Waals surface area contributed by atoms with Crippen molar-refractivity contribution in [1.82, 2.24) is 14.9 Å². The van der Waals surface area contributed by atoms with Crippen LogP contribution in [0.25, 0.3) is 0 Å². The summed E-state index contributed by atoms with van der Waals surface area (Å²) in [5, 5.41) is 0.726. The zero-order valence-electron chi connectivity index (χ0n) is 16.4. The Balaban J connectivity index is 1.41. The molecule has 0 unspecified atom stereocenters. The summed E-state index contributed by atoms with van der Waals surface area (Å²) >= 11 is 6.10. The number of aromatic nitrogens is 2. The van der Waals surface area contributed by atoms with Gasteiger partial charge in [-0.1, -0.05) is 48.0 Å². The van der Waals surface area contributed by atoms with Gasteiger partial charge in [0.2, 0.25) is 0 Å². The van der Waals surface area contributed by atoms with Crippen molar-refractivity contribution in [2.75, 3.05) is 31.1 Å². The molecule has 1 aliphatic heterocycles. The molecule has 0 radical (unpaired) electrons. The fourth-order valence-corrected chi connectivity index (χ4v) is 3.78. The number of anilines is 1. The second-order valence-corrected chi connectivity index (χ2v) is 7.64. The normalized spacial score (nSPS) is 14.1. The molecule has 29 heavy (non-hydrogen) atoms. The van der Waals surface area contributed by atoms with Crippen molar-refractivity contribution < 1.29 is 4.79 Å². The first-order chi connectivity index (χ1) is 14.1. The number of nitrogens with zero attached hydrogens (tertiary/aromatic N) is 4. The maximum absolute atomic E-state index is 13.0. The SMILES string of the molecule is Cc1nc(Cc2ccccc2)ncc1C(=O)N1CCN(c2cccc(Cl)c2)CC1. The molecule has 0 aliphatic carbocycles. The Morgan fingerprint density at radius 3 is 2.48 bits per heavy atom. The molecule has 2 heterocycles. The molecule has 1 aliphatic rings. The van der Waals surface area contributed by atoms with Crippen molar-refractivity contribution >= 4 is 23.2 Å². The van der Waals surface area contributed by atoms with Gasteiger partial charge in [0.25, 0.3) is 5.91 Å². The van der Waals surface area contributed by atoms with Gasteiger partial charge in [0.1, 0.15) is 5.82 Å². The van der Waals surface area contributed by atoms with Crippen LogP contribution in [0.5, 0.6) is 0 Å². The summed E-state index contributed by atoms with van der Waals surface area (Å²) in [6.45, 7) is 4.76. The average Bonchev–Trinajstić information content (AvgIpc) is 2.74. The Hall–Kier alpha value is -2.92. The first kappa shape index (κ1) is 19.4. The lowest BCUT2D eigenvalue weighted by Crippen LogP contribution is -2.49. The van der Waals surface area contributed by atoms with Gasteiger partial charge in [0, 0.05) is 49.5 Å². The molecular formula is C23H23ClN4O. The lowest BCUT2D eigenvalue weighted by atomic mass is 10.1. The summed E-state index contributed by atoms with van der Waals surface area (Å²) in [7, 11) is 0. The van der Waals surface area contributed by atoms with Gasteiger partial charge in [-0.2, -0.15) is 0 Å². The van der Waals surface area contributed by atoms with Crippen LogP contribution >= 0.6 is 11.6 Å². The van der Waals surface area contributed by atoms with Crippen LogP contribution < -0.4 is 4.90 Å². The topological polar surface area (TPSA) is 49.3 Å². The van der Waals surface area contributed by atoms with Crippen molar-refractivity contribution in [2.45, 2.75) is 13.3 Å². The third-order valence-corrected chi connectivity index (χ3v) is 5.44. The summed E-state index contributed by atoms with van der Waals surface area (Å²) in [5.41, 5.74) is 3.56. The summed E-state index contributed by atoms with van der Waals surface area (Å²) in [5.74, 6) is 0.732. The number of aryl methyl sites for hydroxylation is 1. The van der Waals surface area contributed by atoms with E-state index in [0.29, 0.717) is 25.1 Å². The second-order valence-electron chi connectivity index (χ2n) is 7.21. The van der Waals surface area contributed by atoms with Gasteiger partial charge in [0.05, 0.1) is 11.3 Å². The van der Waals surface area contributed by atoms with Crippen LogP contribution in [0.2, 0.25) is 5.02 Å². The van der Waals surface area contributed by atoms with Gasteiger partial charge in [0.15, 0.2) is 0 Å². The minimum Gasteiger partial charge on any atom is -0.368 e. The van der Waals surface area contributed by atoms with Crippen LogP contribution in [0.4, 0.5) is 5.69 Å². The van der Waals surface area contributed by atoms with Gasteiger partial charge in [-0.15, -0.1) is 0 Å². The van der Waals surface area contributed by atoms with Gasteiger partial charge >= 0.3 is 0 Å². The van der Waals surface area contributed by atoms with Gasteiger partial charge < -0.3 is 9.80 Å². The highest BCUT2D eigenvalue weighted by atomic mass is 35.5. The molecule has 1 saturated heterocycles. The number of hydrogen-bond donors (Lipinski definition) is 0. The third kappa shape index (κ3) is 4.57. The Labute approximate surface area is 176 Å². The van der Waals surface area contributed by atoms with Crippen LogP contribution in [0.3, 0.4) is 0 Å². The van der Waals surface area contributed by atoms with E-state index in [0.717, 1.165) is 40.9 Å². The minimum atomic E-state index is -0.000458. The third-order valence-electron chi connectivity index (χ3n) is 5.20. The first-order valence-electron chi connectivity index (χ1n) is 9.76. The predicted octanol–water partition coefficient (Wildman–Crippen LogP) is 3.99.